The fourth-order valence-electron chi connectivity index (χ4n) is 3.04. The van der Waals surface area contributed by atoms with Crippen molar-refractivity contribution < 1.29 is 23.1 Å². The first-order valence-corrected chi connectivity index (χ1v) is 8.63. The van der Waals surface area contributed by atoms with Gasteiger partial charge in [0.2, 0.25) is 5.91 Å². The fourth-order valence-corrected chi connectivity index (χ4v) is 3.04. The van der Waals surface area contributed by atoms with Gasteiger partial charge in [0.05, 0.1) is 13.5 Å². The van der Waals surface area contributed by atoms with Crippen LogP contribution in [0.25, 0.3) is 0 Å². The highest BCUT2D eigenvalue weighted by atomic mass is 19.2. The van der Waals surface area contributed by atoms with E-state index in [9.17, 15) is 18.4 Å². The highest BCUT2D eigenvalue weighted by molar-refractivity contribution is 5.94. The van der Waals surface area contributed by atoms with Gasteiger partial charge in [-0.05, 0) is 35.9 Å². The molecule has 1 heterocycles. The Hall–Kier alpha value is -2.96. The second kappa shape index (κ2) is 8.16. The van der Waals surface area contributed by atoms with E-state index < -0.39 is 11.6 Å². The molecule has 0 aliphatic carbocycles. The molecule has 5 nitrogen and oxygen atoms in total. The van der Waals surface area contributed by atoms with Crippen molar-refractivity contribution in [2.75, 3.05) is 33.3 Å². The average molecular weight is 374 g/mol. The predicted molar refractivity (Wildman–Crippen MR) is 95.5 cm³/mol. The van der Waals surface area contributed by atoms with Crippen molar-refractivity contribution >= 4 is 11.8 Å². The smallest absolute Gasteiger partial charge is 0.254 e. The van der Waals surface area contributed by atoms with Crippen LogP contribution in [0.4, 0.5) is 8.78 Å². The lowest BCUT2D eigenvalue weighted by Gasteiger charge is -2.35. The van der Waals surface area contributed by atoms with Gasteiger partial charge >= 0.3 is 0 Å². The maximum atomic E-state index is 13.3. The zero-order valence-electron chi connectivity index (χ0n) is 15.0. The van der Waals surface area contributed by atoms with Gasteiger partial charge in [-0.2, -0.15) is 0 Å². The monoisotopic (exact) mass is 374 g/mol. The Morgan fingerprint density at radius 3 is 2.33 bits per heavy atom. The van der Waals surface area contributed by atoms with E-state index in [-0.39, 0.29) is 23.8 Å². The molecule has 0 aromatic heterocycles. The highest BCUT2D eigenvalue weighted by Crippen LogP contribution is 2.16. The first-order valence-electron chi connectivity index (χ1n) is 8.63. The number of rotatable bonds is 4. The van der Waals surface area contributed by atoms with Crippen molar-refractivity contribution in [2.45, 2.75) is 6.42 Å². The lowest BCUT2D eigenvalue weighted by Crippen LogP contribution is -2.51. The topological polar surface area (TPSA) is 49.9 Å². The van der Waals surface area contributed by atoms with E-state index in [1.54, 1.807) is 16.9 Å². The molecule has 7 heteroatoms. The summed E-state index contributed by atoms with van der Waals surface area (Å²) in [5.41, 5.74) is 0.963. The molecule has 1 aliphatic rings. The van der Waals surface area contributed by atoms with Gasteiger partial charge < -0.3 is 14.5 Å². The van der Waals surface area contributed by atoms with Crippen molar-refractivity contribution in [1.82, 2.24) is 9.80 Å². The van der Waals surface area contributed by atoms with Gasteiger partial charge in [0.1, 0.15) is 5.75 Å². The van der Waals surface area contributed by atoms with Gasteiger partial charge in [0.15, 0.2) is 11.6 Å². The van der Waals surface area contributed by atoms with Gasteiger partial charge in [-0.15, -0.1) is 0 Å². The van der Waals surface area contributed by atoms with Crippen LogP contribution in [-0.2, 0) is 11.2 Å². The van der Waals surface area contributed by atoms with Crippen molar-refractivity contribution in [1.29, 1.82) is 0 Å². The maximum absolute atomic E-state index is 13.3. The minimum absolute atomic E-state index is 0.0248. The van der Waals surface area contributed by atoms with E-state index in [2.05, 4.69) is 0 Å². The van der Waals surface area contributed by atoms with Gasteiger partial charge in [-0.25, -0.2) is 8.78 Å². The molecule has 0 saturated carbocycles. The van der Waals surface area contributed by atoms with Crippen LogP contribution in [0.5, 0.6) is 5.75 Å². The molecule has 3 rings (SSSR count). The first-order chi connectivity index (χ1) is 13.0. The number of methoxy groups -OCH3 is 1. The molecule has 1 saturated heterocycles. The van der Waals surface area contributed by atoms with E-state index in [4.69, 9.17) is 4.74 Å². The van der Waals surface area contributed by atoms with Crippen LogP contribution in [0.15, 0.2) is 42.5 Å². The van der Waals surface area contributed by atoms with E-state index in [1.165, 1.54) is 6.07 Å². The molecule has 2 amide bonds. The molecule has 1 aliphatic heterocycles. The quantitative estimate of drug-likeness (QED) is 0.826. The number of hydrogen-bond donors (Lipinski definition) is 0. The van der Waals surface area contributed by atoms with E-state index in [1.807, 2.05) is 24.3 Å². The van der Waals surface area contributed by atoms with Gasteiger partial charge in [-0.3, -0.25) is 9.59 Å². The number of amides is 2. The van der Waals surface area contributed by atoms with Crippen LogP contribution in [-0.4, -0.2) is 54.9 Å². The standard InChI is InChI=1S/C20H20F2N2O3/c1-27-16-4-2-3-14(11-16)12-19(25)23-7-9-24(10-8-23)20(26)15-5-6-17(21)18(22)13-15/h2-6,11,13H,7-10,12H2,1H3. The lowest BCUT2D eigenvalue weighted by molar-refractivity contribution is -0.131. The number of ether oxygens (including phenoxy) is 1. The molecule has 0 spiro atoms. The fraction of sp³-hybridized carbons (Fsp3) is 0.300. The predicted octanol–water partition coefficient (Wildman–Crippen LogP) is 2.50. The largest absolute Gasteiger partial charge is 0.497 e. The summed E-state index contributed by atoms with van der Waals surface area (Å²) in [4.78, 5) is 28.2. The van der Waals surface area contributed by atoms with E-state index >= 15 is 0 Å². The van der Waals surface area contributed by atoms with Crippen molar-refractivity contribution in [3.63, 3.8) is 0 Å². The summed E-state index contributed by atoms with van der Waals surface area (Å²) in [5, 5.41) is 0. The maximum Gasteiger partial charge on any atom is 0.254 e. The molecule has 0 bridgehead atoms. The van der Waals surface area contributed by atoms with E-state index in [0.717, 1.165) is 17.7 Å². The Labute approximate surface area is 156 Å². The molecule has 0 N–H and O–H groups in total. The molecule has 142 valence electrons. The van der Waals surface area contributed by atoms with E-state index in [0.29, 0.717) is 31.9 Å². The third-order valence-electron chi connectivity index (χ3n) is 4.58. The summed E-state index contributed by atoms with van der Waals surface area (Å²) in [6.07, 6.45) is 0.258. The number of carbonyl (C=O) groups excluding carboxylic acids is 2. The van der Waals surface area contributed by atoms with Gasteiger partial charge in [-0.1, -0.05) is 12.1 Å². The summed E-state index contributed by atoms with van der Waals surface area (Å²) >= 11 is 0. The van der Waals surface area contributed by atoms with Gasteiger partial charge in [0, 0.05) is 31.7 Å². The Balaban J connectivity index is 1.56. The molecule has 1 fully saturated rings. The highest BCUT2D eigenvalue weighted by Gasteiger charge is 2.25. The van der Waals surface area contributed by atoms with Crippen LogP contribution in [0.3, 0.4) is 0 Å². The van der Waals surface area contributed by atoms with Crippen LogP contribution in [0.2, 0.25) is 0 Å². The number of nitrogens with zero attached hydrogens (tertiary/aromatic N) is 2. The third-order valence-corrected chi connectivity index (χ3v) is 4.58. The zero-order valence-corrected chi connectivity index (χ0v) is 15.0. The minimum Gasteiger partial charge on any atom is -0.497 e. The molecular weight excluding hydrogens is 354 g/mol. The Kier molecular flexibility index (Phi) is 5.69. The molecule has 2 aromatic rings. The third kappa shape index (κ3) is 4.42. The normalized spacial score (nSPS) is 14.2. The van der Waals surface area contributed by atoms with Crippen LogP contribution in [0, 0.1) is 11.6 Å². The summed E-state index contributed by atoms with van der Waals surface area (Å²) in [5.74, 6) is -1.73. The van der Waals surface area contributed by atoms with Crippen molar-refractivity contribution in [3.8, 4) is 5.75 Å². The number of carbonyl (C=O) groups is 2. The molecule has 0 atom stereocenters. The molecule has 2 aromatic carbocycles. The Morgan fingerprint density at radius 1 is 0.963 bits per heavy atom. The number of halogens is 2. The minimum atomic E-state index is -1.05. The summed E-state index contributed by atoms with van der Waals surface area (Å²) in [6.45, 7) is 1.50. The Bertz CT molecular complexity index is 849. The summed E-state index contributed by atoms with van der Waals surface area (Å²) < 4.78 is 31.5. The molecule has 0 unspecified atom stereocenters. The molecule has 0 radical (unpaired) electrons. The molecular formula is C20H20F2N2O3. The van der Waals surface area contributed by atoms with Gasteiger partial charge in [0.25, 0.3) is 5.91 Å². The number of piperazine rings is 1. The Morgan fingerprint density at radius 2 is 1.67 bits per heavy atom. The second-order valence-electron chi connectivity index (χ2n) is 6.33. The number of hydrogen-bond acceptors (Lipinski definition) is 3. The average Bonchev–Trinajstić information content (AvgIpc) is 2.69. The van der Waals surface area contributed by atoms with Crippen LogP contribution in [0.1, 0.15) is 15.9 Å². The number of benzene rings is 2. The van der Waals surface area contributed by atoms with Crippen LogP contribution < -0.4 is 4.74 Å². The summed E-state index contributed by atoms with van der Waals surface area (Å²) in [6, 6.07) is 10.4. The summed E-state index contributed by atoms with van der Waals surface area (Å²) in [7, 11) is 1.57. The first kappa shape index (κ1) is 18.8. The SMILES string of the molecule is COc1cccc(CC(=O)N2CCN(C(=O)c3ccc(F)c(F)c3)CC2)c1. The van der Waals surface area contributed by atoms with Crippen molar-refractivity contribution in [3.05, 3.63) is 65.2 Å². The lowest BCUT2D eigenvalue weighted by atomic mass is 10.1. The van der Waals surface area contributed by atoms with Crippen LogP contribution >= 0.6 is 0 Å². The molecule has 27 heavy (non-hydrogen) atoms. The zero-order chi connectivity index (χ0) is 19.4. The second-order valence-corrected chi connectivity index (χ2v) is 6.33. The van der Waals surface area contributed by atoms with Crippen molar-refractivity contribution in [2.24, 2.45) is 0 Å².